The molecule has 0 heterocycles. The Morgan fingerprint density at radius 2 is 1.46 bits per heavy atom. The molecule has 2 amide bonds. The molecule has 0 fully saturated rings. The van der Waals surface area contributed by atoms with Gasteiger partial charge in [-0.3, -0.25) is 0 Å². The van der Waals surface area contributed by atoms with Crippen LogP contribution in [0.1, 0.15) is 31.9 Å². The summed E-state index contributed by atoms with van der Waals surface area (Å²) in [6, 6.07) is 17.0. The van der Waals surface area contributed by atoms with E-state index in [1.165, 1.54) is 0 Å². The monoisotopic (exact) mass is 357 g/mol. The van der Waals surface area contributed by atoms with Gasteiger partial charge in [-0.05, 0) is 44.0 Å². The molecule has 2 aromatic rings. The Hall–Kier alpha value is -3.02. The number of ether oxygens (including phenoxy) is 3. The van der Waals surface area contributed by atoms with Gasteiger partial charge in [-0.15, -0.1) is 0 Å². The molecule has 2 rings (SSSR count). The Labute approximate surface area is 153 Å². The zero-order chi connectivity index (χ0) is 19.0. The second kappa shape index (κ2) is 8.89. The third-order valence-corrected chi connectivity index (χ3v) is 3.14. The zero-order valence-corrected chi connectivity index (χ0v) is 15.2. The smallest absolute Gasteiger partial charge is 0.417 e. The fraction of sp³-hybridized carbons (Fsp3) is 0.300. The van der Waals surface area contributed by atoms with E-state index in [1.807, 2.05) is 35.6 Å². The van der Waals surface area contributed by atoms with Crippen LogP contribution in [0.25, 0.3) is 0 Å². The molecule has 0 atom stereocenters. The minimum atomic E-state index is -0.858. The highest BCUT2D eigenvalue weighted by atomic mass is 16.6. The second-order valence-corrected chi connectivity index (χ2v) is 6.62. The molecule has 0 bridgehead atoms. The maximum atomic E-state index is 11.6. The minimum absolute atomic E-state index is 0.0353. The quantitative estimate of drug-likeness (QED) is 0.857. The van der Waals surface area contributed by atoms with Crippen LogP contribution in [0, 0.1) is 0 Å². The summed E-state index contributed by atoms with van der Waals surface area (Å²) in [5.41, 5.74) is 1.18. The zero-order valence-electron chi connectivity index (χ0n) is 15.2. The molecule has 0 saturated carbocycles. The van der Waals surface area contributed by atoms with Gasteiger partial charge in [0.25, 0.3) is 0 Å². The van der Waals surface area contributed by atoms with Gasteiger partial charge in [-0.25, -0.2) is 14.9 Å². The van der Waals surface area contributed by atoms with Crippen molar-refractivity contribution in [3.05, 3.63) is 65.7 Å². The van der Waals surface area contributed by atoms with Gasteiger partial charge >= 0.3 is 12.2 Å². The summed E-state index contributed by atoms with van der Waals surface area (Å²) < 4.78 is 15.7. The first-order valence-electron chi connectivity index (χ1n) is 8.24. The fourth-order valence-corrected chi connectivity index (χ4v) is 1.99. The van der Waals surface area contributed by atoms with Crippen LogP contribution in [0.3, 0.4) is 0 Å². The first-order chi connectivity index (χ1) is 12.3. The lowest BCUT2D eigenvalue weighted by atomic mass is 10.2. The Kier molecular flexibility index (Phi) is 6.60. The Morgan fingerprint density at radius 3 is 2.08 bits per heavy atom. The summed E-state index contributed by atoms with van der Waals surface area (Å²) in [4.78, 5) is 23.0. The van der Waals surface area contributed by atoms with Gasteiger partial charge in [0, 0.05) is 0 Å². The van der Waals surface area contributed by atoms with Crippen LogP contribution < -0.4 is 10.1 Å². The largest absolute Gasteiger partial charge is 0.489 e. The van der Waals surface area contributed by atoms with Gasteiger partial charge in [0.15, 0.2) is 0 Å². The van der Waals surface area contributed by atoms with Crippen LogP contribution >= 0.6 is 0 Å². The second-order valence-electron chi connectivity index (χ2n) is 6.62. The molecule has 26 heavy (non-hydrogen) atoms. The maximum Gasteiger partial charge on any atom is 0.417 e. The topological polar surface area (TPSA) is 73.9 Å². The molecule has 0 aliphatic carbocycles. The number of carbonyl (C=O) groups is 2. The number of nitrogens with one attached hydrogen (secondary N) is 1. The summed E-state index contributed by atoms with van der Waals surface area (Å²) in [7, 11) is 0. The van der Waals surface area contributed by atoms with Crippen LogP contribution in [0.5, 0.6) is 5.75 Å². The summed E-state index contributed by atoms with van der Waals surface area (Å²) in [6.45, 7) is 5.64. The van der Waals surface area contributed by atoms with Crippen LogP contribution in [-0.2, 0) is 22.7 Å². The molecule has 138 valence electrons. The normalized spacial score (nSPS) is 10.7. The number of amides is 2. The molecule has 0 aliphatic heterocycles. The van der Waals surface area contributed by atoms with Crippen LogP contribution in [0.2, 0.25) is 0 Å². The van der Waals surface area contributed by atoms with Crippen molar-refractivity contribution in [3.63, 3.8) is 0 Å². The predicted octanol–water partition coefficient (Wildman–Crippen LogP) is 4.43. The molecule has 2 aromatic carbocycles. The fourth-order valence-electron chi connectivity index (χ4n) is 1.99. The number of imide groups is 1. The lowest BCUT2D eigenvalue weighted by molar-refractivity contribution is 0.0506. The maximum absolute atomic E-state index is 11.6. The van der Waals surface area contributed by atoms with Crippen LogP contribution in [0.15, 0.2) is 54.6 Å². The summed E-state index contributed by atoms with van der Waals surface area (Å²) >= 11 is 0. The third kappa shape index (κ3) is 7.25. The Bertz CT molecular complexity index is 720. The van der Waals surface area contributed by atoms with Gasteiger partial charge in [-0.1, -0.05) is 42.5 Å². The van der Waals surface area contributed by atoms with Crippen molar-refractivity contribution in [1.29, 1.82) is 0 Å². The van der Waals surface area contributed by atoms with Crippen LogP contribution in [0.4, 0.5) is 9.59 Å². The molecule has 6 nitrogen and oxygen atoms in total. The SMILES string of the molecule is CC(C)(C)OC(=O)NC(=O)OCc1ccc(OCc2ccccc2)cc1. The predicted molar refractivity (Wildman–Crippen MR) is 96.8 cm³/mol. The Balaban J connectivity index is 1.74. The molecule has 0 unspecified atom stereocenters. The van der Waals surface area contributed by atoms with E-state index in [-0.39, 0.29) is 6.61 Å². The summed E-state index contributed by atoms with van der Waals surface area (Å²) in [5.74, 6) is 0.718. The number of rotatable bonds is 5. The van der Waals surface area contributed by atoms with E-state index in [1.54, 1.807) is 45.0 Å². The molecule has 1 N–H and O–H groups in total. The van der Waals surface area contributed by atoms with Gasteiger partial charge in [-0.2, -0.15) is 0 Å². The highest BCUT2D eigenvalue weighted by molar-refractivity contribution is 5.87. The van der Waals surface area contributed by atoms with Crippen molar-refractivity contribution in [2.24, 2.45) is 0 Å². The van der Waals surface area contributed by atoms with Gasteiger partial charge in [0.1, 0.15) is 24.6 Å². The first kappa shape index (κ1) is 19.3. The summed E-state index contributed by atoms with van der Waals surface area (Å²) in [5, 5.41) is 2.01. The van der Waals surface area contributed by atoms with Gasteiger partial charge < -0.3 is 14.2 Å². The molecular weight excluding hydrogens is 334 g/mol. The molecule has 0 aliphatic rings. The molecule has 6 heteroatoms. The van der Waals surface area contributed by atoms with E-state index < -0.39 is 17.8 Å². The number of benzene rings is 2. The average Bonchev–Trinajstić information content (AvgIpc) is 2.58. The van der Waals surface area contributed by atoms with Crippen molar-refractivity contribution < 1.29 is 23.8 Å². The molecule has 0 spiro atoms. The van der Waals surface area contributed by atoms with E-state index >= 15 is 0 Å². The standard InChI is InChI=1S/C20H23NO5/c1-20(2,3)26-19(23)21-18(22)25-14-16-9-11-17(12-10-16)24-13-15-7-5-4-6-8-15/h4-12H,13-14H2,1-3H3,(H,21,22,23). The average molecular weight is 357 g/mol. The minimum Gasteiger partial charge on any atom is -0.489 e. The van der Waals surface area contributed by atoms with Gasteiger partial charge in [0.05, 0.1) is 0 Å². The van der Waals surface area contributed by atoms with E-state index in [4.69, 9.17) is 14.2 Å². The van der Waals surface area contributed by atoms with Crippen molar-refractivity contribution >= 4 is 12.2 Å². The van der Waals surface area contributed by atoms with E-state index in [0.717, 1.165) is 16.9 Å². The van der Waals surface area contributed by atoms with E-state index in [2.05, 4.69) is 0 Å². The Morgan fingerprint density at radius 1 is 0.846 bits per heavy atom. The number of carbonyl (C=O) groups excluding carboxylic acids is 2. The van der Waals surface area contributed by atoms with E-state index in [9.17, 15) is 9.59 Å². The summed E-state index contributed by atoms with van der Waals surface area (Å²) in [6.07, 6.45) is -1.70. The number of hydrogen-bond donors (Lipinski definition) is 1. The van der Waals surface area contributed by atoms with Gasteiger partial charge in [0.2, 0.25) is 0 Å². The molecule has 0 aromatic heterocycles. The van der Waals surface area contributed by atoms with Crippen molar-refractivity contribution in [1.82, 2.24) is 5.32 Å². The highest BCUT2D eigenvalue weighted by Crippen LogP contribution is 2.15. The number of alkyl carbamates (subject to hydrolysis) is 2. The highest BCUT2D eigenvalue weighted by Gasteiger charge is 2.18. The lowest BCUT2D eigenvalue weighted by Crippen LogP contribution is -2.36. The number of hydrogen-bond acceptors (Lipinski definition) is 5. The molecule has 0 saturated heterocycles. The first-order valence-corrected chi connectivity index (χ1v) is 8.24. The molecular formula is C20H23NO5. The third-order valence-electron chi connectivity index (χ3n) is 3.14. The van der Waals surface area contributed by atoms with Crippen molar-refractivity contribution in [3.8, 4) is 5.75 Å². The lowest BCUT2D eigenvalue weighted by Gasteiger charge is -2.19. The van der Waals surface area contributed by atoms with Crippen molar-refractivity contribution in [2.45, 2.75) is 39.6 Å². The molecule has 0 radical (unpaired) electrons. The van der Waals surface area contributed by atoms with Crippen LogP contribution in [-0.4, -0.2) is 17.8 Å². The van der Waals surface area contributed by atoms with Crippen molar-refractivity contribution in [2.75, 3.05) is 0 Å². The van der Waals surface area contributed by atoms with E-state index in [0.29, 0.717) is 6.61 Å².